The molecule has 1 saturated carbocycles. The van der Waals surface area contributed by atoms with Gasteiger partial charge in [-0.1, -0.05) is 19.3 Å². The molecule has 2 fully saturated rings. The number of fused-ring (bicyclic) bond motifs is 1. The van der Waals surface area contributed by atoms with Crippen LogP contribution in [-0.2, 0) is 31.0 Å². The van der Waals surface area contributed by atoms with E-state index in [1.54, 1.807) is 15.9 Å². The minimum absolute atomic E-state index is 0.283. The standard InChI is InChI=1S/C20H27N5O3S/c26-18-19(27)25(10-15-4-2-1-3-5-15)22-16-12-28-20(14-24(16)18)6-8-23(13-20)11-17-21-7-9-29-17/h7,9,15H,1-6,8,10-14H2/t20-/m1/s1. The number of aromatic nitrogens is 4. The minimum Gasteiger partial charge on any atom is -0.364 e. The molecule has 0 unspecified atom stereocenters. The zero-order valence-electron chi connectivity index (χ0n) is 16.6. The summed E-state index contributed by atoms with van der Waals surface area (Å²) >= 11 is 1.65. The predicted octanol–water partition coefficient (Wildman–Crippen LogP) is 1.62. The van der Waals surface area contributed by atoms with Gasteiger partial charge in [0.05, 0.1) is 13.1 Å². The van der Waals surface area contributed by atoms with E-state index >= 15 is 0 Å². The maximum atomic E-state index is 12.9. The first-order chi connectivity index (χ1) is 14.1. The molecule has 0 aromatic carbocycles. The van der Waals surface area contributed by atoms with E-state index in [-0.39, 0.29) is 6.61 Å². The fraction of sp³-hybridized carbons (Fsp3) is 0.700. The van der Waals surface area contributed by atoms with E-state index in [2.05, 4.69) is 15.0 Å². The Morgan fingerprint density at radius 2 is 2.03 bits per heavy atom. The van der Waals surface area contributed by atoms with E-state index < -0.39 is 16.7 Å². The monoisotopic (exact) mass is 417 g/mol. The molecule has 2 aromatic heterocycles. The summed E-state index contributed by atoms with van der Waals surface area (Å²) in [5.74, 6) is 1.02. The molecule has 2 aromatic rings. The topological polar surface area (TPSA) is 82.2 Å². The first-order valence-corrected chi connectivity index (χ1v) is 11.5. The van der Waals surface area contributed by atoms with Crippen molar-refractivity contribution in [2.75, 3.05) is 13.1 Å². The van der Waals surface area contributed by atoms with E-state index in [9.17, 15) is 9.59 Å². The predicted molar refractivity (Wildman–Crippen MR) is 109 cm³/mol. The summed E-state index contributed by atoms with van der Waals surface area (Å²) in [6.07, 6.45) is 8.56. The number of likely N-dealkylation sites (tertiary alicyclic amines) is 1. The molecule has 0 N–H and O–H groups in total. The van der Waals surface area contributed by atoms with Crippen molar-refractivity contribution in [2.24, 2.45) is 5.92 Å². The molecule has 0 bridgehead atoms. The minimum atomic E-state index is -0.492. The number of hydrogen-bond donors (Lipinski definition) is 0. The van der Waals surface area contributed by atoms with Gasteiger partial charge in [0.2, 0.25) is 0 Å². The van der Waals surface area contributed by atoms with Crippen LogP contribution in [-0.4, -0.2) is 42.9 Å². The molecule has 4 heterocycles. The molecule has 0 amide bonds. The molecule has 3 aliphatic rings. The Balaban J connectivity index is 1.33. The van der Waals surface area contributed by atoms with Crippen molar-refractivity contribution in [3.8, 4) is 0 Å². The summed E-state index contributed by atoms with van der Waals surface area (Å²) in [6, 6.07) is 0. The highest BCUT2D eigenvalue weighted by molar-refractivity contribution is 7.09. The van der Waals surface area contributed by atoms with Crippen LogP contribution in [0.2, 0.25) is 0 Å². The summed E-state index contributed by atoms with van der Waals surface area (Å²) in [7, 11) is 0. The second-order valence-electron chi connectivity index (χ2n) is 8.66. The molecular formula is C20H27N5O3S. The van der Waals surface area contributed by atoms with E-state index in [0.717, 1.165) is 43.9 Å². The molecule has 1 aliphatic carbocycles. The largest absolute Gasteiger partial charge is 0.364 e. The lowest BCUT2D eigenvalue weighted by Crippen LogP contribution is -2.53. The second-order valence-corrected chi connectivity index (χ2v) is 9.64. The van der Waals surface area contributed by atoms with Crippen molar-refractivity contribution >= 4 is 11.3 Å². The molecule has 8 nitrogen and oxygen atoms in total. The van der Waals surface area contributed by atoms with Gasteiger partial charge in [-0.2, -0.15) is 5.10 Å². The van der Waals surface area contributed by atoms with E-state index in [1.807, 2.05) is 11.6 Å². The third-order valence-electron chi connectivity index (χ3n) is 6.56. The second kappa shape index (κ2) is 7.77. The maximum Gasteiger partial charge on any atom is 0.332 e. The Kier molecular flexibility index (Phi) is 5.13. The van der Waals surface area contributed by atoms with E-state index in [4.69, 9.17) is 4.74 Å². The van der Waals surface area contributed by atoms with Crippen LogP contribution in [0.5, 0.6) is 0 Å². The average Bonchev–Trinajstić information content (AvgIpc) is 3.38. The third-order valence-corrected chi connectivity index (χ3v) is 7.32. The molecule has 2 aliphatic heterocycles. The summed E-state index contributed by atoms with van der Waals surface area (Å²) in [6.45, 7) is 3.67. The lowest BCUT2D eigenvalue weighted by Gasteiger charge is -2.35. The molecule has 1 atom stereocenters. The zero-order chi connectivity index (χ0) is 19.8. The van der Waals surface area contributed by atoms with Crippen molar-refractivity contribution in [1.29, 1.82) is 0 Å². The summed E-state index contributed by atoms with van der Waals surface area (Å²) in [5, 5.41) is 7.59. The van der Waals surface area contributed by atoms with Gasteiger partial charge in [-0.05, 0) is 25.2 Å². The van der Waals surface area contributed by atoms with Crippen molar-refractivity contribution in [3.63, 3.8) is 0 Å². The molecule has 5 rings (SSSR count). The fourth-order valence-corrected chi connectivity index (χ4v) is 5.63. The van der Waals surface area contributed by atoms with Crippen LogP contribution in [0.4, 0.5) is 0 Å². The number of thiazole rings is 1. The highest BCUT2D eigenvalue weighted by Crippen LogP contribution is 2.32. The summed E-state index contributed by atoms with van der Waals surface area (Å²) in [4.78, 5) is 32.2. The molecular weight excluding hydrogens is 390 g/mol. The Hall–Kier alpha value is -1.84. The quantitative estimate of drug-likeness (QED) is 0.703. The van der Waals surface area contributed by atoms with Crippen molar-refractivity contribution in [2.45, 2.75) is 70.4 Å². The molecule has 29 heavy (non-hydrogen) atoms. The highest BCUT2D eigenvalue weighted by atomic mass is 32.1. The maximum absolute atomic E-state index is 12.9. The lowest BCUT2D eigenvalue weighted by atomic mass is 9.89. The summed E-state index contributed by atoms with van der Waals surface area (Å²) < 4.78 is 9.21. The van der Waals surface area contributed by atoms with Gasteiger partial charge < -0.3 is 4.74 Å². The van der Waals surface area contributed by atoms with Crippen LogP contribution in [0, 0.1) is 5.92 Å². The fourth-order valence-electron chi connectivity index (χ4n) is 4.97. The number of nitrogens with zero attached hydrogens (tertiary/aromatic N) is 5. The zero-order valence-corrected chi connectivity index (χ0v) is 17.4. The SMILES string of the molecule is O=c1c(=O)n2c(nn1CC1CCCCC1)CO[C@@]1(CCN(Cc3nccs3)C1)C2. The van der Waals surface area contributed by atoms with Gasteiger partial charge in [-0.25, -0.2) is 9.67 Å². The number of ether oxygens (including phenoxy) is 1. The van der Waals surface area contributed by atoms with E-state index in [0.29, 0.717) is 24.8 Å². The van der Waals surface area contributed by atoms with Crippen LogP contribution in [0.3, 0.4) is 0 Å². The van der Waals surface area contributed by atoms with Gasteiger partial charge in [-0.3, -0.25) is 19.1 Å². The van der Waals surface area contributed by atoms with Gasteiger partial charge in [-0.15, -0.1) is 11.3 Å². The smallest absolute Gasteiger partial charge is 0.332 e. The third kappa shape index (κ3) is 3.83. The Morgan fingerprint density at radius 1 is 1.17 bits per heavy atom. The highest BCUT2D eigenvalue weighted by Gasteiger charge is 2.43. The van der Waals surface area contributed by atoms with E-state index in [1.165, 1.54) is 23.9 Å². The van der Waals surface area contributed by atoms with Crippen LogP contribution < -0.4 is 11.1 Å². The average molecular weight is 418 g/mol. The lowest BCUT2D eigenvalue weighted by molar-refractivity contribution is -0.0860. The molecule has 9 heteroatoms. The Morgan fingerprint density at radius 3 is 2.83 bits per heavy atom. The Labute approximate surface area is 173 Å². The van der Waals surface area contributed by atoms with Gasteiger partial charge >= 0.3 is 11.1 Å². The summed E-state index contributed by atoms with van der Waals surface area (Å²) in [5.41, 5.74) is -1.36. The van der Waals surface area contributed by atoms with Gasteiger partial charge in [0.25, 0.3) is 0 Å². The first kappa shape index (κ1) is 19.1. The normalized spacial score (nSPS) is 25.5. The van der Waals surface area contributed by atoms with Gasteiger partial charge in [0, 0.05) is 31.2 Å². The van der Waals surface area contributed by atoms with Crippen LogP contribution >= 0.6 is 11.3 Å². The van der Waals surface area contributed by atoms with Crippen LogP contribution in [0.1, 0.15) is 49.4 Å². The Bertz CT molecular complexity index is 979. The van der Waals surface area contributed by atoms with Crippen LogP contribution in [0.25, 0.3) is 0 Å². The molecule has 1 spiro atoms. The number of rotatable bonds is 4. The molecule has 1 saturated heterocycles. The molecule has 0 radical (unpaired) electrons. The van der Waals surface area contributed by atoms with Crippen molar-refractivity contribution in [3.05, 3.63) is 43.1 Å². The van der Waals surface area contributed by atoms with Gasteiger partial charge in [0.1, 0.15) is 17.2 Å². The number of hydrogen-bond acceptors (Lipinski definition) is 7. The van der Waals surface area contributed by atoms with Crippen molar-refractivity contribution < 1.29 is 4.74 Å². The van der Waals surface area contributed by atoms with Crippen LogP contribution in [0.15, 0.2) is 21.2 Å². The molecule has 156 valence electrons. The first-order valence-electron chi connectivity index (χ1n) is 10.6. The van der Waals surface area contributed by atoms with Gasteiger partial charge in [0.15, 0.2) is 5.82 Å². The van der Waals surface area contributed by atoms with Crippen molar-refractivity contribution in [1.82, 2.24) is 24.2 Å².